The van der Waals surface area contributed by atoms with Crippen molar-refractivity contribution in [2.75, 3.05) is 18.5 Å². The van der Waals surface area contributed by atoms with Crippen LogP contribution in [0.5, 0.6) is 0 Å². The third-order valence-electron chi connectivity index (χ3n) is 5.57. The van der Waals surface area contributed by atoms with Crippen LogP contribution in [0, 0.1) is 0 Å². The summed E-state index contributed by atoms with van der Waals surface area (Å²) in [5.41, 5.74) is 5.08. The first-order valence-electron chi connectivity index (χ1n) is 10.9. The lowest BCUT2D eigenvalue weighted by atomic mass is 10.0. The summed E-state index contributed by atoms with van der Waals surface area (Å²) in [6.45, 7) is 2.84. The Balaban J connectivity index is 1.43. The van der Waals surface area contributed by atoms with Crippen LogP contribution in [0.1, 0.15) is 22.8 Å². The fourth-order valence-corrected chi connectivity index (χ4v) is 3.81. The van der Waals surface area contributed by atoms with Crippen LogP contribution in [-0.4, -0.2) is 34.8 Å². The Morgan fingerprint density at radius 1 is 1.00 bits per heavy atom. The van der Waals surface area contributed by atoms with E-state index in [0.717, 1.165) is 34.1 Å². The lowest BCUT2D eigenvalue weighted by Crippen LogP contribution is -2.19. The first-order chi connectivity index (χ1) is 16.0. The van der Waals surface area contributed by atoms with Crippen LogP contribution in [0.15, 0.2) is 79.0 Å². The number of carboxylic acid groups (broad SMARTS) is 1. The van der Waals surface area contributed by atoms with Crippen molar-refractivity contribution in [3.63, 3.8) is 0 Å². The van der Waals surface area contributed by atoms with Gasteiger partial charge >= 0.3 is 5.97 Å². The van der Waals surface area contributed by atoms with Gasteiger partial charge in [-0.15, -0.1) is 0 Å². The zero-order chi connectivity index (χ0) is 23.2. The monoisotopic (exact) mass is 442 g/mol. The SMILES string of the molecule is CCc1ccc(NC(=O)COCCn2cc(-c3ccccc3)c3ccc(C(=O)O)cc32)cc1. The van der Waals surface area contributed by atoms with E-state index in [1.807, 2.05) is 71.4 Å². The Morgan fingerprint density at radius 2 is 1.76 bits per heavy atom. The molecule has 0 atom stereocenters. The quantitative estimate of drug-likeness (QED) is 0.348. The minimum atomic E-state index is -0.967. The molecule has 0 saturated heterocycles. The molecule has 1 amide bonds. The largest absolute Gasteiger partial charge is 0.478 e. The summed E-state index contributed by atoms with van der Waals surface area (Å²) in [6.07, 6.45) is 2.95. The van der Waals surface area contributed by atoms with Gasteiger partial charge in [-0.25, -0.2) is 4.79 Å². The maximum atomic E-state index is 12.2. The van der Waals surface area contributed by atoms with E-state index in [0.29, 0.717) is 13.2 Å². The highest BCUT2D eigenvalue weighted by molar-refractivity contribution is 6.00. The van der Waals surface area contributed by atoms with E-state index in [4.69, 9.17) is 4.74 Å². The van der Waals surface area contributed by atoms with Crippen molar-refractivity contribution >= 4 is 28.5 Å². The molecule has 1 aromatic heterocycles. The lowest BCUT2D eigenvalue weighted by Gasteiger charge is -2.09. The van der Waals surface area contributed by atoms with Crippen molar-refractivity contribution in [2.45, 2.75) is 19.9 Å². The van der Waals surface area contributed by atoms with Crippen molar-refractivity contribution in [3.05, 3.63) is 90.1 Å². The van der Waals surface area contributed by atoms with E-state index in [-0.39, 0.29) is 18.1 Å². The molecule has 3 aromatic carbocycles. The molecule has 4 rings (SSSR count). The summed E-state index contributed by atoms with van der Waals surface area (Å²) >= 11 is 0. The molecule has 0 bridgehead atoms. The minimum Gasteiger partial charge on any atom is -0.478 e. The van der Waals surface area contributed by atoms with Gasteiger partial charge in [0, 0.05) is 34.9 Å². The average Bonchev–Trinajstić information content (AvgIpc) is 3.21. The van der Waals surface area contributed by atoms with E-state index in [2.05, 4.69) is 12.2 Å². The molecule has 1 heterocycles. The molecule has 4 aromatic rings. The van der Waals surface area contributed by atoms with Crippen LogP contribution in [0.2, 0.25) is 0 Å². The second kappa shape index (κ2) is 10.1. The van der Waals surface area contributed by atoms with Gasteiger partial charge in [-0.2, -0.15) is 0 Å². The molecule has 0 aliphatic carbocycles. The Bertz CT molecular complexity index is 1260. The summed E-state index contributed by atoms with van der Waals surface area (Å²) in [5, 5.41) is 13.2. The molecule has 0 aliphatic rings. The van der Waals surface area contributed by atoms with E-state index in [1.165, 1.54) is 5.56 Å². The summed E-state index contributed by atoms with van der Waals surface area (Å²) in [5.74, 6) is -1.18. The third-order valence-corrected chi connectivity index (χ3v) is 5.57. The maximum absolute atomic E-state index is 12.2. The summed E-state index contributed by atoms with van der Waals surface area (Å²) in [7, 11) is 0. The second-order valence-electron chi connectivity index (χ2n) is 7.79. The van der Waals surface area contributed by atoms with Crippen molar-refractivity contribution in [3.8, 4) is 11.1 Å². The van der Waals surface area contributed by atoms with E-state index in [9.17, 15) is 14.7 Å². The number of amides is 1. The number of nitrogens with zero attached hydrogens (tertiary/aromatic N) is 1. The zero-order valence-electron chi connectivity index (χ0n) is 18.5. The number of carboxylic acids is 1. The molecular formula is C27H26N2O4. The second-order valence-corrected chi connectivity index (χ2v) is 7.79. The number of anilines is 1. The molecule has 0 radical (unpaired) electrons. The highest BCUT2D eigenvalue weighted by atomic mass is 16.5. The van der Waals surface area contributed by atoms with Gasteiger partial charge in [0.15, 0.2) is 0 Å². The first-order valence-corrected chi connectivity index (χ1v) is 10.9. The number of hydrogen-bond donors (Lipinski definition) is 2. The summed E-state index contributed by atoms with van der Waals surface area (Å²) in [4.78, 5) is 23.7. The van der Waals surface area contributed by atoms with Gasteiger partial charge in [-0.1, -0.05) is 55.5 Å². The molecule has 168 valence electrons. The number of aromatic carboxylic acids is 1. The zero-order valence-corrected chi connectivity index (χ0v) is 18.5. The number of hydrogen-bond acceptors (Lipinski definition) is 3. The Hall–Kier alpha value is -3.90. The predicted molar refractivity (Wildman–Crippen MR) is 130 cm³/mol. The van der Waals surface area contributed by atoms with E-state index >= 15 is 0 Å². The topological polar surface area (TPSA) is 80.6 Å². The number of ether oxygens (including phenoxy) is 1. The summed E-state index contributed by atoms with van der Waals surface area (Å²) in [6, 6.07) is 22.8. The number of nitrogens with one attached hydrogen (secondary N) is 1. The predicted octanol–water partition coefficient (Wildman–Crippen LogP) is 5.22. The number of carbonyl (C=O) groups is 2. The van der Waals surface area contributed by atoms with Crippen LogP contribution in [-0.2, 0) is 22.5 Å². The van der Waals surface area contributed by atoms with Gasteiger partial charge in [0.05, 0.1) is 12.2 Å². The van der Waals surface area contributed by atoms with Crippen LogP contribution in [0.4, 0.5) is 5.69 Å². The molecule has 33 heavy (non-hydrogen) atoms. The number of benzene rings is 3. The molecule has 6 heteroatoms. The van der Waals surface area contributed by atoms with Crippen molar-refractivity contribution in [1.29, 1.82) is 0 Å². The highest BCUT2D eigenvalue weighted by Crippen LogP contribution is 2.31. The van der Waals surface area contributed by atoms with Crippen molar-refractivity contribution in [1.82, 2.24) is 4.57 Å². The number of rotatable bonds is 9. The Kier molecular flexibility index (Phi) is 6.86. The Morgan fingerprint density at radius 3 is 2.45 bits per heavy atom. The normalized spacial score (nSPS) is 10.9. The van der Waals surface area contributed by atoms with Gasteiger partial charge < -0.3 is 19.7 Å². The molecular weight excluding hydrogens is 416 g/mol. The highest BCUT2D eigenvalue weighted by Gasteiger charge is 2.13. The van der Waals surface area contributed by atoms with Gasteiger partial charge in [0.25, 0.3) is 0 Å². The van der Waals surface area contributed by atoms with Crippen LogP contribution < -0.4 is 5.32 Å². The molecule has 0 unspecified atom stereocenters. The summed E-state index contributed by atoms with van der Waals surface area (Å²) < 4.78 is 7.59. The Labute approximate surface area is 192 Å². The fourth-order valence-electron chi connectivity index (χ4n) is 3.81. The molecule has 0 saturated carbocycles. The van der Waals surface area contributed by atoms with Crippen molar-refractivity contribution in [2.24, 2.45) is 0 Å². The molecule has 0 fully saturated rings. The van der Waals surface area contributed by atoms with Crippen LogP contribution in [0.3, 0.4) is 0 Å². The van der Waals surface area contributed by atoms with Gasteiger partial charge in [0.2, 0.25) is 5.91 Å². The maximum Gasteiger partial charge on any atom is 0.335 e. The van der Waals surface area contributed by atoms with Crippen LogP contribution >= 0.6 is 0 Å². The first kappa shape index (κ1) is 22.3. The smallest absolute Gasteiger partial charge is 0.335 e. The van der Waals surface area contributed by atoms with Gasteiger partial charge in [-0.3, -0.25) is 4.79 Å². The van der Waals surface area contributed by atoms with Gasteiger partial charge in [-0.05, 0) is 41.8 Å². The third kappa shape index (κ3) is 5.30. The number of aryl methyl sites for hydroxylation is 1. The molecule has 0 aliphatic heterocycles. The van der Waals surface area contributed by atoms with E-state index in [1.54, 1.807) is 12.1 Å². The van der Waals surface area contributed by atoms with Gasteiger partial charge in [0.1, 0.15) is 6.61 Å². The average molecular weight is 443 g/mol. The van der Waals surface area contributed by atoms with Crippen LogP contribution in [0.25, 0.3) is 22.0 Å². The molecule has 2 N–H and O–H groups in total. The van der Waals surface area contributed by atoms with E-state index < -0.39 is 5.97 Å². The molecule has 0 spiro atoms. The lowest BCUT2D eigenvalue weighted by molar-refractivity contribution is -0.120. The standard InChI is InChI=1S/C27H26N2O4/c1-2-19-8-11-22(12-9-19)28-26(30)18-33-15-14-29-17-24(20-6-4-3-5-7-20)23-13-10-21(27(31)32)16-25(23)29/h3-13,16-17H,2,14-15,18H2,1H3,(H,28,30)(H,31,32). The van der Waals surface area contributed by atoms with Crippen molar-refractivity contribution < 1.29 is 19.4 Å². The number of carbonyl (C=O) groups excluding carboxylic acids is 1. The fraction of sp³-hybridized carbons (Fsp3) is 0.185. The minimum absolute atomic E-state index is 0.0549. The molecule has 6 nitrogen and oxygen atoms in total. The number of aromatic nitrogens is 1. The number of fused-ring (bicyclic) bond motifs is 1.